The van der Waals surface area contributed by atoms with Gasteiger partial charge in [0.15, 0.2) is 9.84 Å². The third-order valence-corrected chi connectivity index (χ3v) is 4.76. The van der Waals surface area contributed by atoms with Crippen molar-refractivity contribution in [1.82, 2.24) is 4.98 Å². The SMILES string of the molecule is O=S1(=O)CCC(Nc2ccncc2Br)C1. The van der Waals surface area contributed by atoms with Crippen LogP contribution in [0, 0.1) is 0 Å². The summed E-state index contributed by atoms with van der Waals surface area (Å²) in [5.74, 6) is 0.509. The van der Waals surface area contributed by atoms with Crippen molar-refractivity contribution in [3.05, 3.63) is 22.9 Å². The number of halogens is 1. The van der Waals surface area contributed by atoms with E-state index < -0.39 is 9.84 Å². The van der Waals surface area contributed by atoms with Gasteiger partial charge in [0.1, 0.15) is 0 Å². The topological polar surface area (TPSA) is 59.1 Å². The summed E-state index contributed by atoms with van der Waals surface area (Å²) < 4.78 is 23.4. The monoisotopic (exact) mass is 290 g/mol. The highest BCUT2D eigenvalue weighted by molar-refractivity contribution is 9.10. The zero-order chi connectivity index (χ0) is 10.9. The van der Waals surface area contributed by atoms with E-state index in [-0.39, 0.29) is 17.5 Å². The Kier molecular flexibility index (Phi) is 2.97. The van der Waals surface area contributed by atoms with E-state index in [1.807, 2.05) is 6.07 Å². The fraction of sp³-hybridized carbons (Fsp3) is 0.444. The van der Waals surface area contributed by atoms with Crippen LogP contribution in [-0.2, 0) is 9.84 Å². The van der Waals surface area contributed by atoms with E-state index in [1.165, 1.54) is 0 Å². The van der Waals surface area contributed by atoms with E-state index in [4.69, 9.17) is 0 Å². The number of pyridine rings is 1. The van der Waals surface area contributed by atoms with E-state index in [1.54, 1.807) is 12.4 Å². The van der Waals surface area contributed by atoms with Gasteiger partial charge in [-0.3, -0.25) is 4.98 Å². The van der Waals surface area contributed by atoms with Crippen molar-refractivity contribution in [3.63, 3.8) is 0 Å². The van der Waals surface area contributed by atoms with Crippen molar-refractivity contribution >= 4 is 31.5 Å². The van der Waals surface area contributed by atoms with Gasteiger partial charge >= 0.3 is 0 Å². The summed E-state index contributed by atoms with van der Waals surface area (Å²) in [4.78, 5) is 3.94. The van der Waals surface area contributed by atoms with Gasteiger partial charge in [-0.1, -0.05) is 0 Å². The van der Waals surface area contributed by atoms with Crippen molar-refractivity contribution in [2.75, 3.05) is 16.8 Å². The molecule has 82 valence electrons. The van der Waals surface area contributed by atoms with Gasteiger partial charge in [0.25, 0.3) is 0 Å². The largest absolute Gasteiger partial charge is 0.380 e. The first-order valence-electron chi connectivity index (χ1n) is 4.63. The van der Waals surface area contributed by atoms with Gasteiger partial charge in [0.05, 0.1) is 21.7 Å². The number of sulfone groups is 1. The van der Waals surface area contributed by atoms with Crippen LogP contribution < -0.4 is 5.32 Å². The molecule has 1 saturated heterocycles. The second-order valence-electron chi connectivity index (χ2n) is 3.60. The molecule has 1 aliphatic heterocycles. The first-order valence-corrected chi connectivity index (χ1v) is 7.25. The van der Waals surface area contributed by atoms with Crippen molar-refractivity contribution in [2.24, 2.45) is 0 Å². The molecule has 6 heteroatoms. The van der Waals surface area contributed by atoms with Crippen LogP contribution in [-0.4, -0.2) is 30.9 Å². The second kappa shape index (κ2) is 4.09. The normalized spacial score (nSPS) is 23.9. The molecule has 0 aromatic carbocycles. The maximum atomic E-state index is 11.3. The van der Waals surface area contributed by atoms with Gasteiger partial charge in [-0.25, -0.2) is 8.42 Å². The summed E-state index contributed by atoms with van der Waals surface area (Å²) in [5, 5.41) is 3.20. The summed E-state index contributed by atoms with van der Waals surface area (Å²) in [6.45, 7) is 0. The summed E-state index contributed by atoms with van der Waals surface area (Å²) in [7, 11) is -2.82. The molecule has 1 atom stereocenters. The van der Waals surface area contributed by atoms with E-state index in [2.05, 4.69) is 26.2 Å². The number of aromatic nitrogens is 1. The lowest BCUT2D eigenvalue weighted by atomic mass is 10.2. The van der Waals surface area contributed by atoms with Crippen LogP contribution in [0.3, 0.4) is 0 Å². The van der Waals surface area contributed by atoms with Gasteiger partial charge in [0.2, 0.25) is 0 Å². The zero-order valence-corrected chi connectivity index (χ0v) is 10.4. The Morgan fingerprint density at radius 2 is 2.33 bits per heavy atom. The molecule has 1 N–H and O–H groups in total. The second-order valence-corrected chi connectivity index (χ2v) is 6.68. The van der Waals surface area contributed by atoms with Crippen LogP contribution in [0.1, 0.15) is 6.42 Å². The molecule has 1 aromatic heterocycles. The summed E-state index contributed by atoms with van der Waals surface area (Å²) in [5.41, 5.74) is 0.895. The molecule has 2 rings (SSSR count). The summed E-state index contributed by atoms with van der Waals surface area (Å²) >= 11 is 3.36. The number of anilines is 1. The fourth-order valence-corrected chi connectivity index (χ4v) is 3.66. The lowest BCUT2D eigenvalue weighted by Gasteiger charge is -2.13. The molecule has 2 heterocycles. The number of nitrogens with one attached hydrogen (secondary N) is 1. The van der Waals surface area contributed by atoms with Crippen molar-refractivity contribution in [3.8, 4) is 0 Å². The summed E-state index contributed by atoms with van der Waals surface area (Å²) in [6.07, 6.45) is 4.04. The predicted molar refractivity (Wildman–Crippen MR) is 62.6 cm³/mol. The van der Waals surface area contributed by atoms with Gasteiger partial charge in [-0.2, -0.15) is 0 Å². The van der Waals surface area contributed by atoms with Crippen LogP contribution in [0.2, 0.25) is 0 Å². The number of hydrogen-bond donors (Lipinski definition) is 1. The molecule has 4 nitrogen and oxygen atoms in total. The quantitative estimate of drug-likeness (QED) is 0.896. The molecule has 15 heavy (non-hydrogen) atoms. The maximum Gasteiger partial charge on any atom is 0.152 e. The Morgan fingerprint density at radius 3 is 2.93 bits per heavy atom. The van der Waals surface area contributed by atoms with Gasteiger partial charge in [0, 0.05) is 18.4 Å². The highest BCUT2D eigenvalue weighted by Gasteiger charge is 2.27. The van der Waals surface area contributed by atoms with Crippen molar-refractivity contribution in [2.45, 2.75) is 12.5 Å². The molecule has 0 amide bonds. The molecule has 0 bridgehead atoms. The molecule has 1 aromatic rings. The summed E-state index contributed by atoms with van der Waals surface area (Å²) in [6, 6.07) is 1.85. The van der Waals surface area contributed by atoms with Crippen LogP contribution in [0.4, 0.5) is 5.69 Å². The predicted octanol–water partition coefficient (Wildman–Crippen LogP) is 1.44. The zero-order valence-electron chi connectivity index (χ0n) is 7.98. The minimum Gasteiger partial charge on any atom is -0.380 e. The maximum absolute atomic E-state index is 11.3. The van der Waals surface area contributed by atoms with Crippen molar-refractivity contribution in [1.29, 1.82) is 0 Å². The Hall–Kier alpha value is -0.620. The van der Waals surface area contributed by atoms with E-state index >= 15 is 0 Å². The Morgan fingerprint density at radius 1 is 1.53 bits per heavy atom. The van der Waals surface area contributed by atoms with Crippen LogP contribution >= 0.6 is 15.9 Å². The lowest BCUT2D eigenvalue weighted by molar-refractivity contribution is 0.602. The fourth-order valence-electron chi connectivity index (χ4n) is 1.62. The van der Waals surface area contributed by atoms with E-state index in [0.717, 1.165) is 10.2 Å². The molecule has 0 spiro atoms. The van der Waals surface area contributed by atoms with E-state index in [0.29, 0.717) is 6.42 Å². The average molecular weight is 291 g/mol. The minimum atomic E-state index is -2.82. The van der Waals surface area contributed by atoms with Gasteiger partial charge in [-0.05, 0) is 28.4 Å². The highest BCUT2D eigenvalue weighted by atomic mass is 79.9. The first kappa shape index (κ1) is 10.9. The molecular weight excluding hydrogens is 280 g/mol. The standard InChI is InChI=1S/C9H11BrN2O2S/c10-8-5-11-3-1-9(8)12-7-2-4-15(13,14)6-7/h1,3,5,7H,2,4,6H2,(H,11,12). The van der Waals surface area contributed by atoms with Gasteiger partial charge in [-0.15, -0.1) is 0 Å². The number of rotatable bonds is 2. The van der Waals surface area contributed by atoms with Crippen LogP contribution in [0.15, 0.2) is 22.9 Å². The van der Waals surface area contributed by atoms with Crippen molar-refractivity contribution < 1.29 is 8.42 Å². The molecule has 1 aliphatic rings. The van der Waals surface area contributed by atoms with Gasteiger partial charge < -0.3 is 5.32 Å². The first-order chi connectivity index (χ1) is 7.07. The molecule has 0 saturated carbocycles. The Bertz CT molecular complexity index is 461. The third kappa shape index (κ3) is 2.69. The average Bonchev–Trinajstić information content (AvgIpc) is 2.50. The van der Waals surface area contributed by atoms with Crippen LogP contribution in [0.5, 0.6) is 0 Å². The van der Waals surface area contributed by atoms with E-state index in [9.17, 15) is 8.42 Å². The highest BCUT2D eigenvalue weighted by Crippen LogP contribution is 2.23. The molecular formula is C9H11BrN2O2S. The number of hydrogen-bond acceptors (Lipinski definition) is 4. The molecule has 0 aliphatic carbocycles. The Labute approximate surface area is 97.1 Å². The Balaban J connectivity index is 2.08. The lowest BCUT2D eigenvalue weighted by Crippen LogP contribution is -2.20. The number of nitrogens with zero attached hydrogens (tertiary/aromatic N) is 1. The smallest absolute Gasteiger partial charge is 0.152 e. The minimum absolute atomic E-state index is 0.0219. The van der Waals surface area contributed by atoms with Crippen LogP contribution in [0.25, 0.3) is 0 Å². The molecule has 1 unspecified atom stereocenters. The molecule has 0 radical (unpaired) electrons. The third-order valence-electron chi connectivity index (χ3n) is 2.36. The molecule has 1 fully saturated rings.